The molecular weight excluding hydrogens is 1380 g/mol. The molecule has 588 valence electrons. The van der Waals surface area contributed by atoms with Crippen LogP contribution in [0.5, 0.6) is 0 Å². The fraction of sp³-hybridized carbons (Fsp3) is 0.757. The van der Waals surface area contributed by atoms with Gasteiger partial charge < -0.3 is 69.5 Å². The van der Waals surface area contributed by atoms with Gasteiger partial charge in [0.1, 0.15) is 65.0 Å². The van der Waals surface area contributed by atoms with Crippen LogP contribution in [-0.2, 0) is 79.6 Å². The zero-order valence-electron chi connectivity index (χ0n) is 63.4. The number of alkyl halides is 3. The Morgan fingerprint density at radius 2 is 1.24 bits per heavy atom. The molecule has 3 N–H and O–H groups in total. The first-order valence-electron chi connectivity index (χ1n) is 37.6. The molecule has 0 aromatic heterocycles. The van der Waals surface area contributed by atoms with E-state index in [0.29, 0.717) is 57.1 Å². The van der Waals surface area contributed by atoms with Crippen molar-refractivity contribution in [3.63, 3.8) is 0 Å². The van der Waals surface area contributed by atoms with Gasteiger partial charge >= 0.3 is 6.18 Å². The summed E-state index contributed by atoms with van der Waals surface area (Å²) in [6.07, 6.45) is 0.941. The summed E-state index contributed by atoms with van der Waals surface area (Å²) in [6, 6.07) is -8.65. The van der Waals surface area contributed by atoms with E-state index in [0.717, 1.165) is 58.1 Å². The third-order valence-electron chi connectivity index (χ3n) is 22.5. The number of halogens is 5. The van der Waals surface area contributed by atoms with Crippen molar-refractivity contribution in [2.45, 2.75) is 230 Å². The number of amides is 12. The molecule has 6 fully saturated rings. The first-order chi connectivity index (χ1) is 49.5. The number of nitrogens with one attached hydrogen (secondary N) is 3. The Labute approximate surface area is 614 Å². The molecule has 1 aromatic rings. The maximum Gasteiger partial charge on any atom is 0.422 e. The van der Waals surface area contributed by atoms with Gasteiger partial charge in [0.15, 0.2) is 0 Å². The van der Waals surface area contributed by atoms with Crippen LogP contribution in [-0.4, -0.2) is 277 Å². The summed E-state index contributed by atoms with van der Waals surface area (Å²) in [5.74, 6) is -13.9. The average Bonchev–Trinajstić information content (AvgIpc) is 1.74. The fourth-order valence-corrected chi connectivity index (χ4v) is 16.0. The molecule has 6 aliphatic rings. The van der Waals surface area contributed by atoms with Crippen molar-refractivity contribution in [2.24, 2.45) is 23.7 Å². The minimum absolute atomic E-state index is 0.0422. The Morgan fingerprint density at radius 1 is 0.657 bits per heavy atom. The maximum atomic E-state index is 15.9. The highest BCUT2D eigenvalue weighted by Gasteiger charge is 2.52. The highest BCUT2D eigenvalue weighted by molar-refractivity contribution is 6.01. The van der Waals surface area contributed by atoms with Gasteiger partial charge in [-0.1, -0.05) is 98.3 Å². The van der Waals surface area contributed by atoms with Crippen LogP contribution in [0.2, 0.25) is 0 Å². The van der Waals surface area contributed by atoms with Gasteiger partial charge in [-0.15, -0.1) is 0 Å². The van der Waals surface area contributed by atoms with Gasteiger partial charge in [-0.05, 0) is 99.7 Å². The molecule has 3 saturated heterocycles. The Kier molecular flexibility index (Phi) is 30.5. The molecule has 3 aliphatic heterocycles. The van der Waals surface area contributed by atoms with Crippen molar-refractivity contribution >= 4 is 70.9 Å². The summed E-state index contributed by atoms with van der Waals surface area (Å²) in [7, 11) is 9.67. The number of hydrogen-bond acceptors (Lipinski definition) is 14. The average molecular weight is 1490 g/mol. The topological polar surface area (TPSA) is 289 Å². The van der Waals surface area contributed by atoms with Crippen molar-refractivity contribution in [2.75, 3.05) is 108 Å². The second kappa shape index (κ2) is 37.8. The van der Waals surface area contributed by atoms with Crippen LogP contribution < -0.4 is 16.0 Å². The third kappa shape index (κ3) is 21.4. The lowest BCUT2D eigenvalue weighted by Gasteiger charge is -2.43. The molecule has 3 aliphatic carbocycles. The number of carbonyl (C=O) groups is 12. The zero-order chi connectivity index (χ0) is 77.5. The Hall–Kier alpha value is -7.57. The van der Waals surface area contributed by atoms with Gasteiger partial charge in [-0.2, -0.15) is 13.2 Å². The predicted molar refractivity (Wildman–Crippen MR) is 376 cm³/mol. The smallest absolute Gasteiger partial charge is 0.378 e. The summed E-state index contributed by atoms with van der Waals surface area (Å²) in [4.78, 5) is 191. The van der Waals surface area contributed by atoms with Gasteiger partial charge in [0.05, 0.1) is 45.4 Å². The number of carbonyl (C=O) groups excluding carboxylic acids is 12. The Bertz CT molecular complexity index is 3240. The Morgan fingerprint density at radius 3 is 1.82 bits per heavy atom. The number of hydrogen-bond donors (Lipinski definition) is 3. The van der Waals surface area contributed by atoms with Crippen molar-refractivity contribution in [1.82, 2.24) is 60.0 Å². The monoisotopic (exact) mass is 1490 g/mol. The summed E-state index contributed by atoms with van der Waals surface area (Å²) < 4.78 is 83.5. The molecule has 26 nitrogen and oxygen atoms in total. The number of aryl methyl sites for hydroxylation is 1. The van der Waals surface area contributed by atoms with Crippen molar-refractivity contribution in [1.29, 1.82) is 0 Å². The summed E-state index contributed by atoms with van der Waals surface area (Å²) in [5.41, 5.74) is -4.16. The molecule has 12 amide bonds. The predicted octanol–water partition coefficient (Wildman–Crippen LogP) is 4.91. The summed E-state index contributed by atoms with van der Waals surface area (Å²) >= 11 is 0. The zero-order valence-corrected chi connectivity index (χ0v) is 63.4. The molecule has 31 heteroatoms. The summed E-state index contributed by atoms with van der Waals surface area (Å²) in [6.45, 7) is 7.46. The number of likely N-dealkylation sites (N-methyl/N-ethyl adjacent to an activating group) is 7. The van der Waals surface area contributed by atoms with E-state index in [4.69, 9.17) is 9.47 Å². The second-order valence-corrected chi connectivity index (χ2v) is 30.5. The van der Waals surface area contributed by atoms with Crippen LogP contribution in [0.4, 0.5) is 22.0 Å². The van der Waals surface area contributed by atoms with Gasteiger partial charge in [-0.25, -0.2) is 8.78 Å². The quantitative estimate of drug-likeness (QED) is 0.221. The molecule has 0 unspecified atom stereocenters. The molecule has 9 atom stereocenters. The van der Waals surface area contributed by atoms with Crippen molar-refractivity contribution in [3.05, 3.63) is 34.9 Å². The van der Waals surface area contributed by atoms with Gasteiger partial charge in [0, 0.05) is 82.0 Å². The number of fused-ring (bicyclic) bond motifs is 1. The number of rotatable bonds is 13. The van der Waals surface area contributed by atoms with Crippen molar-refractivity contribution < 1.29 is 89.0 Å². The molecule has 1 aromatic carbocycles. The maximum absolute atomic E-state index is 15.9. The normalized spacial score (nSPS) is 27.0. The van der Waals surface area contributed by atoms with Crippen LogP contribution >= 0.6 is 0 Å². The van der Waals surface area contributed by atoms with E-state index in [1.807, 2.05) is 20.8 Å². The van der Waals surface area contributed by atoms with E-state index in [1.165, 1.54) is 73.8 Å². The first kappa shape index (κ1) is 84.7. The van der Waals surface area contributed by atoms with Gasteiger partial charge in [0.25, 0.3) is 0 Å². The number of morpholine rings is 1. The molecule has 3 saturated carbocycles. The van der Waals surface area contributed by atoms with E-state index in [1.54, 1.807) is 13.8 Å². The third-order valence-corrected chi connectivity index (χ3v) is 22.5. The van der Waals surface area contributed by atoms with E-state index in [-0.39, 0.29) is 89.0 Å². The van der Waals surface area contributed by atoms with E-state index in [2.05, 4.69) is 16.0 Å². The van der Waals surface area contributed by atoms with Crippen molar-refractivity contribution in [3.8, 4) is 0 Å². The van der Waals surface area contributed by atoms with Gasteiger partial charge in [-0.3, -0.25) is 57.5 Å². The highest BCUT2D eigenvalue weighted by Crippen LogP contribution is 2.39. The lowest BCUT2D eigenvalue weighted by Crippen LogP contribution is -2.65. The molecular formula is C74H113F5N12O14. The van der Waals surface area contributed by atoms with Crippen LogP contribution in [0.15, 0.2) is 12.1 Å². The van der Waals surface area contributed by atoms with Crippen LogP contribution in [0, 0.1) is 35.3 Å². The highest BCUT2D eigenvalue weighted by atomic mass is 19.4. The Balaban J connectivity index is 1.32. The molecule has 7 rings (SSSR count). The first-order valence-corrected chi connectivity index (χ1v) is 37.6. The lowest BCUT2D eigenvalue weighted by atomic mass is 9.81. The van der Waals surface area contributed by atoms with E-state index >= 15 is 37.5 Å². The number of nitrogens with zero attached hydrogens (tertiary/aromatic N) is 9. The second-order valence-electron chi connectivity index (χ2n) is 30.5. The fourth-order valence-electron chi connectivity index (χ4n) is 16.0. The van der Waals surface area contributed by atoms with Gasteiger partial charge in [0.2, 0.25) is 70.9 Å². The standard InChI is InChI=1S/C74H113F5N12O14/c1-13-46(5)63-70(101)85(8)43-60(94)83(6)44-61(95)87(10)56(38-47-23-17-15-18-24-47)68(99)84(7)42-58(92)80-53(28-27-48-36-51(75)62(52(76)37-48)74(77,78)79)67(98)91-41-50(105-14-2)39-55(91)66(97)82-73(29-21-22-30-73)72(103)89(12)64(49-25-19-16-20-26-49)71(102)88(11)57(69(100)90-31-33-104-34-32-90)40-59(93)86(9)54(35-45(3)4)65(96)81-63/h36-37,45-47,49-50,53-57,63-64H,13-35,38-44H2,1-12H3,(H,80,92)(H,81,96)(H,82,97)/t46-,50+,53-,54-,55-,56-,57-,63-,64-/m0/s1. The number of ether oxygens (including phenoxy) is 2. The molecule has 3 heterocycles. The lowest BCUT2D eigenvalue weighted by molar-refractivity contribution is -0.158. The summed E-state index contributed by atoms with van der Waals surface area (Å²) in [5, 5.41) is 8.54. The molecule has 1 spiro atoms. The largest absolute Gasteiger partial charge is 0.422 e. The minimum atomic E-state index is -5.41. The van der Waals surface area contributed by atoms with Crippen LogP contribution in [0.1, 0.15) is 174 Å². The molecule has 0 radical (unpaired) electrons. The molecule has 0 bridgehead atoms. The number of benzene rings is 1. The van der Waals surface area contributed by atoms with E-state index < -0.39 is 199 Å². The molecule has 105 heavy (non-hydrogen) atoms. The minimum Gasteiger partial charge on any atom is -0.378 e. The van der Waals surface area contributed by atoms with Crippen LogP contribution in [0.25, 0.3) is 0 Å². The van der Waals surface area contributed by atoms with Crippen LogP contribution in [0.3, 0.4) is 0 Å². The van der Waals surface area contributed by atoms with E-state index in [9.17, 15) is 41.9 Å². The SMILES string of the molecule is CCO[C@@H]1C[C@H]2C(=O)NC3(CCCC3)C(=O)N(C)[C@@H](C3CCCCC3)C(=O)N(C)[C@H](C(=O)N3CCOCC3)CC(=O)N(C)[C@@H](CC(C)C)C(=O)N[C@@H]([C@@H](C)CC)C(=O)N(C)CC(=O)N(C)CC(=O)N(C)[C@@H](CC3CCCCC3)C(=O)N(C)CC(=O)N[C@@H](CCc3cc(F)c(C(F)(F)F)c(F)c3)C(=O)N2C1.